The Hall–Kier alpha value is -2.40. The van der Waals surface area contributed by atoms with Gasteiger partial charge in [-0.3, -0.25) is 4.98 Å². The minimum absolute atomic E-state index is 0.196. The number of aryl methyl sites for hydroxylation is 1. The molecule has 3 aromatic rings. The molecular weight excluding hydrogens is 284 g/mol. The van der Waals surface area contributed by atoms with Crippen molar-refractivity contribution in [3.05, 3.63) is 57.9 Å². The van der Waals surface area contributed by atoms with E-state index in [0.717, 1.165) is 10.9 Å². The first-order valence-corrected chi connectivity index (χ1v) is 7.47. The van der Waals surface area contributed by atoms with Gasteiger partial charge in [0.1, 0.15) is 5.56 Å². The monoisotopic (exact) mass is 298 g/mol. The van der Waals surface area contributed by atoms with Crippen LogP contribution >= 0.6 is 11.3 Å². The molecule has 1 aromatic carbocycles. The van der Waals surface area contributed by atoms with Gasteiger partial charge in [0, 0.05) is 18.1 Å². The summed E-state index contributed by atoms with van der Waals surface area (Å²) < 4.78 is 0. The number of para-hydroxylation sites is 1. The molecule has 5 heteroatoms. The molecule has 106 valence electrons. The molecule has 0 fully saturated rings. The van der Waals surface area contributed by atoms with Crippen molar-refractivity contribution in [2.75, 3.05) is 5.32 Å². The highest BCUT2D eigenvalue weighted by Gasteiger charge is 2.14. The van der Waals surface area contributed by atoms with Crippen molar-refractivity contribution in [2.45, 2.75) is 13.5 Å². The third-order valence-electron chi connectivity index (χ3n) is 3.42. The molecule has 0 amide bonds. The Labute approximate surface area is 126 Å². The van der Waals surface area contributed by atoms with E-state index in [0.29, 0.717) is 12.2 Å². The van der Waals surface area contributed by atoms with Crippen molar-refractivity contribution in [3.8, 4) is 0 Å². The normalized spacial score (nSPS) is 10.7. The second-order valence-corrected chi connectivity index (χ2v) is 5.55. The number of carbonyl (C=O) groups is 1. The van der Waals surface area contributed by atoms with E-state index in [1.54, 1.807) is 11.3 Å². The van der Waals surface area contributed by atoms with Gasteiger partial charge in [-0.05, 0) is 34.9 Å². The van der Waals surface area contributed by atoms with Crippen LogP contribution < -0.4 is 5.32 Å². The first-order chi connectivity index (χ1) is 10.2. The summed E-state index contributed by atoms with van der Waals surface area (Å²) in [5.74, 6) is -0.974. The van der Waals surface area contributed by atoms with Crippen molar-refractivity contribution in [2.24, 2.45) is 0 Å². The average molecular weight is 298 g/mol. The summed E-state index contributed by atoms with van der Waals surface area (Å²) in [7, 11) is 0. The van der Waals surface area contributed by atoms with Gasteiger partial charge >= 0.3 is 5.97 Å². The van der Waals surface area contributed by atoms with Crippen LogP contribution in [-0.4, -0.2) is 16.1 Å². The van der Waals surface area contributed by atoms with E-state index in [-0.39, 0.29) is 5.56 Å². The maximum absolute atomic E-state index is 11.4. The lowest BCUT2D eigenvalue weighted by Crippen LogP contribution is -2.08. The first-order valence-electron chi connectivity index (χ1n) is 6.53. The number of rotatable bonds is 4. The Morgan fingerprint density at radius 3 is 2.86 bits per heavy atom. The fourth-order valence-electron chi connectivity index (χ4n) is 2.25. The summed E-state index contributed by atoms with van der Waals surface area (Å²) in [6, 6.07) is 7.54. The highest BCUT2D eigenvalue weighted by atomic mass is 32.1. The van der Waals surface area contributed by atoms with Gasteiger partial charge in [-0.15, -0.1) is 0 Å². The van der Waals surface area contributed by atoms with Gasteiger partial charge in [-0.2, -0.15) is 11.3 Å². The molecule has 0 bridgehead atoms. The number of hydrogen-bond donors (Lipinski definition) is 2. The number of aromatic nitrogens is 1. The summed E-state index contributed by atoms with van der Waals surface area (Å²) in [4.78, 5) is 15.6. The van der Waals surface area contributed by atoms with Crippen LogP contribution in [0.15, 0.2) is 41.2 Å². The molecule has 3 rings (SSSR count). The number of carboxylic acids is 1. The lowest BCUT2D eigenvalue weighted by Gasteiger charge is -2.12. The minimum Gasteiger partial charge on any atom is -0.478 e. The van der Waals surface area contributed by atoms with E-state index >= 15 is 0 Å². The molecule has 2 aromatic heterocycles. The number of thiophene rings is 1. The van der Waals surface area contributed by atoms with E-state index in [2.05, 4.69) is 28.0 Å². The standard InChI is InChI=1S/C16H14N2O2S/c1-10-8-21-9-11(10)6-18-15-12-4-2-3-5-14(12)17-7-13(15)16(19)20/h2-5,7-9H,6H2,1H3,(H,17,18)(H,19,20). The van der Waals surface area contributed by atoms with Gasteiger partial charge in [0.2, 0.25) is 0 Å². The van der Waals surface area contributed by atoms with Crippen LogP contribution in [0.25, 0.3) is 10.9 Å². The fraction of sp³-hybridized carbons (Fsp3) is 0.125. The number of hydrogen-bond acceptors (Lipinski definition) is 4. The number of nitrogens with zero attached hydrogens (tertiary/aromatic N) is 1. The Morgan fingerprint density at radius 2 is 2.14 bits per heavy atom. The Kier molecular flexibility index (Phi) is 3.58. The molecule has 0 unspecified atom stereocenters. The second kappa shape index (κ2) is 5.54. The van der Waals surface area contributed by atoms with Crippen LogP contribution in [0, 0.1) is 6.92 Å². The smallest absolute Gasteiger partial charge is 0.339 e. The van der Waals surface area contributed by atoms with E-state index < -0.39 is 5.97 Å². The lowest BCUT2D eigenvalue weighted by molar-refractivity contribution is 0.0697. The molecule has 2 N–H and O–H groups in total. The summed E-state index contributed by atoms with van der Waals surface area (Å²) in [6.07, 6.45) is 1.41. The molecule has 0 spiro atoms. The number of carboxylic acid groups (broad SMARTS) is 1. The molecule has 0 atom stereocenters. The molecule has 0 aliphatic carbocycles. The van der Waals surface area contributed by atoms with Crippen molar-refractivity contribution >= 4 is 33.9 Å². The molecular formula is C16H14N2O2S. The third-order valence-corrected chi connectivity index (χ3v) is 4.33. The Morgan fingerprint density at radius 1 is 1.33 bits per heavy atom. The molecule has 0 saturated carbocycles. The fourth-order valence-corrected chi connectivity index (χ4v) is 3.10. The number of anilines is 1. The number of fused-ring (bicyclic) bond motifs is 1. The van der Waals surface area contributed by atoms with Gasteiger partial charge < -0.3 is 10.4 Å². The number of benzene rings is 1. The predicted molar refractivity (Wildman–Crippen MR) is 85.1 cm³/mol. The molecule has 21 heavy (non-hydrogen) atoms. The Bertz CT molecular complexity index is 811. The third kappa shape index (κ3) is 2.60. The first kappa shape index (κ1) is 13.6. The molecule has 0 aliphatic rings. The van der Waals surface area contributed by atoms with E-state index in [4.69, 9.17) is 0 Å². The van der Waals surface area contributed by atoms with Crippen LogP contribution in [0.2, 0.25) is 0 Å². The van der Waals surface area contributed by atoms with Gasteiger partial charge in [-0.25, -0.2) is 4.79 Å². The van der Waals surface area contributed by atoms with Crippen molar-refractivity contribution in [1.82, 2.24) is 4.98 Å². The van der Waals surface area contributed by atoms with Gasteiger partial charge in [0.25, 0.3) is 0 Å². The largest absolute Gasteiger partial charge is 0.478 e. The Balaban J connectivity index is 2.04. The molecule has 0 aliphatic heterocycles. The van der Waals surface area contributed by atoms with Crippen LogP contribution in [0.3, 0.4) is 0 Å². The van der Waals surface area contributed by atoms with Crippen LogP contribution in [-0.2, 0) is 6.54 Å². The maximum atomic E-state index is 11.4. The quantitative estimate of drug-likeness (QED) is 0.766. The number of pyridine rings is 1. The predicted octanol–water partition coefficient (Wildman–Crippen LogP) is 3.92. The topological polar surface area (TPSA) is 62.2 Å². The molecule has 2 heterocycles. The van der Waals surface area contributed by atoms with Crippen LogP contribution in [0.4, 0.5) is 5.69 Å². The lowest BCUT2D eigenvalue weighted by atomic mass is 10.1. The van der Waals surface area contributed by atoms with Gasteiger partial charge in [-0.1, -0.05) is 18.2 Å². The summed E-state index contributed by atoms with van der Waals surface area (Å²) in [5.41, 5.74) is 3.99. The number of aromatic carboxylic acids is 1. The molecule has 0 saturated heterocycles. The summed E-state index contributed by atoms with van der Waals surface area (Å²) in [5, 5.41) is 17.6. The zero-order valence-electron chi connectivity index (χ0n) is 11.5. The van der Waals surface area contributed by atoms with E-state index in [1.165, 1.54) is 17.3 Å². The summed E-state index contributed by atoms with van der Waals surface area (Å²) >= 11 is 1.65. The van der Waals surface area contributed by atoms with Crippen molar-refractivity contribution in [1.29, 1.82) is 0 Å². The highest BCUT2D eigenvalue weighted by molar-refractivity contribution is 7.08. The van der Waals surface area contributed by atoms with Gasteiger partial charge in [0.05, 0.1) is 11.2 Å². The number of nitrogens with one attached hydrogen (secondary N) is 1. The molecule has 4 nitrogen and oxygen atoms in total. The molecule has 0 radical (unpaired) electrons. The van der Waals surface area contributed by atoms with Crippen molar-refractivity contribution in [3.63, 3.8) is 0 Å². The van der Waals surface area contributed by atoms with Crippen LogP contribution in [0.1, 0.15) is 21.5 Å². The van der Waals surface area contributed by atoms with Gasteiger partial charge in [0.15, 0.2) is 0 Å². The van der Waals surface area contributed by atoms with Crippen LogP contribution in [0.5, 0.6) is 0 Å². The minimum atomic E-state index is -0.974. The van der Waals surface area contributed by atoms with Crippen molar-refractivity contribution < 1.29 is 9.90 Å². The zero-order chi connectivity index (χ0) is 14.8. The SMILES string of the molecule is Cc1cscc1CNc1c(C(=O)O)cnc2ccccc12. The zero-order valence-corrected chi connectivity index (χ0v) is 12.3. The second-order valence-electron chi connectivity index (χ2n) is 4.80. The summed E-state index contributed by atoms with van der Waals surface area (Å²) in [6.45, 7) is 2.65. The highest BCUT2D eigenvalue weighted by Crippen LogP contribution is 2.27. The maximum Gasteiger partial charge on any atom is 0.339 e. The average Bonchev–Trinajstić information content (AvgIpc) is 2.89. The van der Waals surface area contributed by atoms with E-state index in [1.807, 2.05) is 24.3 Å². The van der Waals surface area contributed by atoms with E-state index in [9.17, 15) is 9.90 Å².